The molecule has 3 aromatic carbocycles. The number of nitrogens with zero attached hydrogens (tertiary/aromatic N) is 3. The third kappa shape index (κ3) is 5.39. The zero-order chi connectivity index (χ0) is 27.4. The summed E-state index contributed by atoms with van der Waals surface area (Å²) in [5.74, 6) is 2.94. The average Bonchev–Trinajstić information content (AvgIpc) is 2.94. The molecule has 0 saturated heterocycles. The van der Waals surface area contributed by atoms with E-state index < -0.39 is 0 Å². The Balaban J connectivity index is 1.35. The number of hydrogen-bond acceptors (Lipinski definition) is 4. The van der Waals surface area contributed by atoms with E-state index in [0.717, 1.165) is 34.1 Å². The molecule has 0 unspecified atom stereocenters. The lowest BCUT2D eigenvalue weighted by atomic mass is 9.91. The normalized spacial score (nSPS) is 15.8. The van der Waals surface area contributed by atoms with Crippen molar-refractivity contribution in [3.8, 4) is 17.6 Å². The van der Waals surface area contributed by atoms with Gasteiger partial charge in [0.1, 0.15) is 11.5 Å². The second-order valence-electron chi connectivity index (χ2n) is 10.1. The molecule has 3 aromatic rings. The van der Waals surface area contributed by atoms with Crippen LogP contribution in [0.1, 0.15) is 26.3 Å². The Labute approximate surface area is 229 Å². The molecule has 5 heteroatoms. The minimum atomic E-state index is -0.264. The molecule has 0 atom stereocenters. The topological polar surface area (TPSA) is 49.9 Å². The smallest absolute Gasteiger partial charge is 0.269 e. The van der Waals surface area contributed by atoms with Crippen LogP contribution in [0, 0.1) is 23.3 Å². The molecule has 0 fully saturated rings. The minimum absolute atomic E-state index is 0.0482. The number of benzene rings is 3. The Morgan fingerprint density at radius 1 is 0.846 bits per heavy atom. The first-order valence-electron chi connectivity index (χ1n) is 12.6. The predicted molar refractivity (Wildman–Crippen MR) is 155 cm³/mol. The van der Waals surface area contributed by atoms with Gasteiger partial charge in [-0.25, -0.2) is 10.1 Å². The highest BCUT2D eigenvalue weighted by molar-refractivity contribution is 5.86. The van der Waals surface area contributed by atoms with Gasteiger partial charge in [-0.1, -0.05) is 75.4 Å². The second kappa shape index (κ2) is 10.6. The molecule has 0 aromatic heterocycles. The van der Waals surface area contributed by atoms with Gasteiger partial charge in [0.2, 0.25) is 0 Å². The molecule has 0 bridgehead atoms. The van der Waals surface area contributed by atoms with Crippen molar-refractivity contribution in [2.45, 2.75) is 20.8 Å². The first-order chi connectivity index (χ1) is 18.9. The molecule has 5 rings (SSSR count). The number of hydrogen-bond donors (Lipinski definition) is 0. The van der Waals surface area contributed by atoms with Gasteiger partial charge >= 0.3 is 0 Å². The van der Waals surface area contributed by atoms with Crippen LogP contribution in [0.25, 0.3) is 10.9 Å². The van der Waals surface area contributed by atoms with Crippen LogP contribution in [0.3, 0.4) is 0 Å². The fraction of sp³-hybridized carbons (Fsp3) is 0.118. The first-order valence-corrected chi connectivity index (χ1v) is 12.6. The van der Waals surface area contributed by atoms with Gasteiger partial charge < -0.3 is 14.4 Å². The quantitative estimate of drug-likeness (QED) is 0.156. The highest BCUT2D eigenvalue weighted by atomic mass is 16.5. The zero-order valence-corrected chi connectivity index (χ0v) is 22.1. The van der Waals surface area contributed by atoms with E-state index in [9.17, 15) is 5.26 Å². The summed E-state index contributed by atoms with van der Waals surface area (Å²) in [6.45, 7) is 13.4. The van der Waals surface area contributed by atoms with E-state index in [-0.39, 0.29) is 11.1 Å². The molecule has 0 spiro atoms. The molecule has 5 nitrogen and oxygen atoms in total. The maximum absolute atomic E-state index is 9.33. The van der Waals surface area contributed by atoms with E-state index in [2.05, 4.69) is 46.1 Å². The molecule has 2 aliphatic rings. The van der Waals surface area contributed by atoms with Gasteiger partial charge in [-0.2, -0.15) is 0 Å². The molecular formula is C34H27N3O2. The standard InChI is InChI=1S/C34H27N3O2/c1-34(2,3)33-22-25(28(23-35)36-4)21-27(38-33)12-6-5-11-24-17-19-26(20-18-24)37-29-13-7-9-15-31(29)39-32-16-10-8-14-30(32)37/h5-22H,1-3H3. The Bertz CT molecular complexity index is 1590. The van der Waals surface area contributed by atoms with Crippen molar-refractivity contribution in [3.63, 3.8) is 0 Å². The van der Waals surface area contributed by atoms with Crippen molar-refractivity contribution < 1.29 is 9.47 Å². The number of rotatable bonds is 4. The number of ether oxygens (including phenoxy) is 2. The lowest BCUT2D eigenvalue weighted by Gasteiger charge is -2.32. The zero-order valence-electron chi connectivity index (χ0n) is 22.1. The lowest BCUT2D eigenvalue weighted by molar-refractivity contribution is 0.223. The van der Waals surface area contributed by atoms with E-state index in [4.69, 9.17) is 16.0 Å². The summed E-state index contributed by atoms with van der Waals surface area (Å²) in [5.41, 5.74) is 4.44. The summed E-state index contributed by atoms with van der Waals surface area (Å²) >= 11 is 0. The van der Waals surface area contributed by atoms with Gasteiger partial charge in [-0.05, 0) is 65.8 Å². The van der Waals surface area contributed by atoms with Crippen LogP contribution >= 0.6 is 0 Å². The van der Waals surface area contributed by atoms with Crippen LogP contribution < -0.4 is 9.64 Å². The summed E-state index contributed by atoms with van der Waals surface area (Å²) in [5, 5.41) is 9.33. The van der Waals surface area contributed by atoms with E-state index in [1.54, 1.807) is 12.2 Å². The van der Waals surface area contributed by atoms with E-state index in [0.29, 0.717) is 17.1 Å². The number of para-hydroxylation sites is 4. The summed E-state index contributed by atoms with van der Waals surface area (Å²) in [4.78, 5) is 5.57. The van der Waals surface area contributed by atoms with Crippen LogP contribution in [-0.2, 0) is 4.74 Å². The van der Waals surface area contributed by atoms with E-state index in [1.165, 1.54) is 0 Å². The first kappa shape index (κ1) is 25.4. The van der Waals surface area contributed by atoms with Crippen LogP contribution in [0.15, 0.2) is 126 Å². The molecule has 0 saturated carbocycles. The second-order valence-corrected chi connectivity index (χ2v) is 10.1. The lowest BCUT2D eigenvalue weighted by Crippen LogP contribution is -2.15. The number of nitriles is 1. The maximum Gasteiger partial charge on any atom is 0.269 e. The molecule has 39 heavy (non-hydrogen) atoms. The largest absolute Gasteiger partial charge is 0.461 e. The number of allylic oxidation sites excluding steroid dienone is 8. The predicted octanol–water partition coefficient (Wildman–Crippen LogP) is 9.37. The molecule has 0 aliphatic carbocycles. The Kier molecular flexibility index (Phi) is 6.91. The SMILES string of the molecule is [C-]#[N+]C(C#N)=C1C=C(C=CC=Cc2ccc(N3c4ccccc4Oc4ccccc43)cc2)OC(C(C)(C)C)=C1. The van der Waals surface area contributed by atoms with Crippen molar-refractivity contribution in [2.24, 2.45) is 5.41 Å². The highest BCUT2D eigenvalue weighted by Gasteiger charge is 2.25. The molecule has 190 valence electrons. The van der Waals surface area contributed by atoms with Crippen molar-refractivity contribution in [1.29, 1.82) is 5.26 Å². The molecule has 0 radical (unpaired) electrons. The molecule has 0 amide bonds. The molecule has 0 N–H and O–H groups in total. The van der Waals surface area contributed by atoms with Crippen molar-refractivity contribution in [1.82, 2.24) is 0 Å². The van der Waals surface area contributed by atoms with Crippen LogP contribution in [0.2, 0.25) is 0 Å². The van der Waals surface area contributed by atoms with Gasteiger partial charge in [0.25, 0.3) is 5.70 Å². The van der Waals surface area contributed by atoms with Gasteiger partial charge in [-0.15, -0.1) is 0 Å². The highest BCUT2D eigenvalue weighted by Crippen LogP contribution is 2.49. The van der Waals surface area contributed by atoms with Crippen molar-refractivity contribution in [3.05, 3.63) is 143 Å². The number of fused-ring (bicyclic) bond motifs is 2. The molecule has 2 heterocycles. The summed E-state index contributed by atoms with van der Waals surface area (Å²) in [6.07, 6.45) is 11.2. The third-order valence-corrected chi connectivity index (χ3v) is 6.29. The third-order valence-electron chi connectivity index (χ3n) is 6.29. The Morgan fingerprint density at radius 2 is 1.46 bits per heavy atom. The minimum Gasteiger partial charge on any atom is -0.461 e. The molecular weight excluding hydrogens is 482 g/mol. The van der Waals surface area contributed by atoms with Gasteiger partial charge in [0.05, 0.1) is 24.0 Å². The van der Waals surface area contributed by atoms with E-state index >= 15 is 0 Å². The Morgan fingerprint density at radius 3 is 2.05 bits per heavy atom. The Hall–Kier alpha value is -5.26. The van der Waals surface area contributed by atoms with E-state index in [1.807, 2.05) is 87.5 Å². The van der Waals surface area contributed by atoms with Crippen molar-refractivity contribution in [2.75, 3.05) is 4.90 Å². The van der Waals surface area contributed by atoms with Crippen LogP contribution in [-0.4, -0.2) is 0 Å². The van der Waals surface area contributed by atoms with Crippen LogP contribution in [0.5, 0.6) is 11.5 Å². The monoisotopic (exact) mass is 509 g/mol. The fourth-order valence-corrected chi connectivity index (χ4v) is 4.30. The molecule has 2 aliphatic heterocycles. The summed E-state index contributed by atoms with van der Waals surface area (Å²) in [6, 6.07) is 26.4. The van der Waals surface area contributed by atoms with Gasteiger partial charge in [-0.3, -0.25) is 0 Å². The average molecular weight is 510 g/mol. The fourth-order valence-electron chi connectivity index (χ4n) is 4.30. The van der Waals surface area contributed by atoms with Gasteiger partial charge in [0, 0.05) is 11.1 Å². The summed E-state index contributed by atoms with van der Waals surface area (Å²) < 4.78 is 12.2. The van der Waals surface area contributed by atoms with Crippen LogP contribution in [0.4, 0.5) is 17.1 Å². The summed E-state index contributed by atoms with van der Waals surface area (Å²) in [7, 11) is 0. The number of anilines is 3. The maximum atomic E-state index is 9.33. The van der Waals surface area contributed by atoms with Crippen molar-refractivity contribution >= 4 is 23.1 Å². The van der Waals surface area contributed by atoms with Gasteiger partial charge in [0.15, 0.2) is 11.5 Å².